The van der Waals surface area contributed by atoms with E-state index in [-0.39, 0.29) is 0 Å². The summed E-state index contributed by atoms with van der Waals surface area (Å²) in [6.07, 6.45) is 0.872. The fraction of sp³-hybridized carbons (Fsp3) is 0.333. The van der Waals surface area contributed by atoms with E-state index >= 15 is 0 Å². The smallest absolute Gasteiger partial charge is 0.374 e. The molecule has 1 nitrogen and oxygen atoms in total. The van der Waals surface area contributed by atoms with Crippen LogP contribution in [0.4, 0.5) is 0 Å². The van der Waals surface area contributed by atoms with Crippen molar-refractivity contribution in [2.45, 2.75) is 18.6 Å². The molecule has 0 unspecified atom stereocenters. The maximum absolute atomic E-state index is 5.10. The molecule has 2 radical (unpaired) electrons. The second-order valence-corrected chi connectivity index (χ2v) is 3.66. The van der Waals surface area contributed by atoms with Crippen LogP contribution in [0.2, 0.25) is 0 Å². The summed E-state index contributed by atoms with van der Waals surface area (Å²) >= 11 is 4.30. The third kappa shape index (κ3) is 2.49. The number of hydrogen-bond acceptors (Lipinski definition) is 2. The summed E-state index contributed by atoms with van der Waals surface area (Å²) in [5.74, 6) is 0.735. The molecule has 12 heavy (non-hydrogen) atoms. The largest absolute Gasteiger partial charge is 0.568 e. The highest BCUT2D eigenvalue weighted by Crippen LogP contribution is 2.19. The number of hydrogen-bond donors (Lipinski definition) is 1. The SMILES string of the molecule is [B]Oc1ccccc1C[C@H](C)S. The van der Waals surface area contributed by atoms with E-state index in [9.17, 15) is 0 Å². The summed E-state index contributed by atoms with van der Waals surface area (Å²) in [6, 6.07) is 7.71. The lowest BCUT2D eigenvalue weighted by Crippen LogP contribution is -2.00. The van der Waals surface area contributed by atoms with Crippen molar-refractivity contribution in [2.75, 3.05) is 0 Å². The van der Waals surface area contributed by atoms with Crippen LogP contribution in [0.5, 0.6) is 5.75 Å². The molecule has 0 spiro atoms. The van der Waals surface area contributed by atoms with Gasteiger partial charge in [-0.05, 0) is 18.1 Å². The van der Waals surface area contributed by atoms with Gasteiger partial charge in [-0.1, -0.05) is 25.1 Å². The molecule has 0 saturated carbocycles. The van der Waals surface area contributed by atoms with E-state index in [1.165, 1.54) is 0 Å². The Kier molecular flexibility index (Phi) is 3.54. The van der Waals surface area contributed by atoms with E-state index < -0.39 is 0 Å². The molecule has 0 fully saturated rings. The highest BCUT2D eigenvalue weighted by molar-refractivity contribution is 7.80. The lowest BCUT2D eigenvalue weighted by Gasteiger charge is -2.09. The fourth-order valence-electron chi connectivity index (χ4n) is 1.11. The molecule has 1 aromatic rings. The zero-order chi connectivity index (χ0) is 8.97. The maximum atomic E-state index is 5.10. The van der Waals surface area contributed by atoms with Gasteiger partial charge in [0.25, 0.3) is 0 Å². The summed E-state index contributed by atoms with van der Waals surface area (Å²) in [5.41, 5.74) is 1.10. The van der Waals surface area contributed by atoms with Crippen LogP contribution in [0, 0.1) is 0 Å². The van der Waals surface area contributed by atoms with Crippen molar-refractivity contribution in [3.8, 4) is 5.75 Å². The first kappa shape index (κ1) is 9.52. The van der Waals surface area contributed by atoms with Crippen LogP contribution in [0.25, 0.3) is 0 Å². The minimum Gasteiger partial charge on any atom is -0.568 e. The molecular formula is C9H11BOS. The van der Waals surface area contributed by atoms with Gasteiger partial charge in [-0.3, -0.25) is 0 Å². The third-order valence-electron chi connectivity index (χ3n) is 1.61. The van der Waals surface area contributed by atoms with Crippen LogP contribution in [0.3, 0.4) is 0 Å². The molecule has 0 aromatic heterocycles. The Labute approximate surface area is 80.0 Å². The molecule has 1 rings (SSSR count). The van der Waals surface area contributed by atoms with E-state index in [2.05, 4.69) is 12.6 Å². The summed E-state index contributed by atoms with van der Waals surface area (Å²) in [5, 5.41) is 0.321. The topological polar surface area (TPSA) is 9.23 Å². The minimum atomic E-state index is 0.321. The molecule has 0 saturated heterocycles. The van der Waals surface area contributed by atoms with Gasteiger partial charge in [0.2, 0.25) is 0 Å². The molecule has 0 heterocycles. The molecule has 0 aliphatic rings. The van der Waals surface area contributed by atoms with E-state index in [0.717, 1.165) is 17.7 Å². The Balaban J connectivity index is 2.82. The maximum Gasteiger partial charge on any atom is 0.374 e. The highest BCUT2D eigenvalue weighted by atomic mass is 32.1. The Morgan fingerprint density at radius 1 is 1.50 bits per heavy atom. The van der Waals surface area contributed by atoms with Crippen molar-refractivity contribution >= 4 is 20.7 Å². The minimum absolute atomic E-state index is 0.321. The standard InChI is InChI=1S/C9H11BOS/c1-7(12)6-8-4-2-3-5-9(8)11-10/h2-5,7,12H,6H2,1H3/t7-/m0/s1. The Morgan fingerprint density at radius 3 is 2.75 bits per heavy atom. The van der Waals surface area contributed by atoms with Gasteiger partial charge in [0.05, 0.1) is 0 Å². The number of para-hydroxylation sites is 1. The molecule has 1 aromatic carbocycles. The van der Waals surface area contributed by atoms with Crippen LogP contribution < -0.4 is 4.65 Å². The molecule has 0 bridgehead atoms. The average molecular weight is 178 g/mol. The van der Waals surface area contributed by atoms with Crippen LogP contribution in [-0.2, 0) is 6.42 Å². The van der Waals surface area contributed by atoms with Crippen molar-refractivity contribution in [1.29, 1.82) is 0 Å². The van der Waals surface area contributed by atoms with Crippen LogP contribution in [0.1, 0.15) is 12.5 Å². The first-order chi connectivity index (χ1) is 5.74. The summed E-state index contributed by atoms with van der Waals surface area (Å²) in [4.78, 5) is 0. The lowest BCUT2D eigenvalue weighted by atomic mass is 10.1. The van der Waals surface area contributed by atoms with E-state index in [1.807, 2.05) is 31.2 Å². The fourth-order valence-corrected chi connectivity index (χ4v) is 1.30. The predicted molar refractivity (Wildman–Crippen MR) is 55.0 cm³/mol. The highest BCUT2D eigenvalue weighted by Gasteiger charge is 2.02. The van der Waals surface area contributed by atoms with Gasteiger partial charge in [-0.15, -0.1) is 0 Å². The normalized spacial score (nSPS) is 12.5. The van der Waals surface area contributed by atoms with Gasteiger partial charge in [0, 0.05) is 5.25 Å². The molecule has 0 N–H and O–H groups in total. The second-order valence-electron chi connectivity index (χ2n) is 2.78. The van der Waals surface area contributed by atoms with Crippen molar-refractivity contribution < 1.29 is 4.65 Å². The molecule has 1 atom stereocenters. The first-order valence-corrected chi connectivity index (χ1v) is 4.38. The molecular weight excluding hydrogens is 167 g/mol. The molecule has 0 aliphatic carbocycles. The Morgan fingerprint density at radius 2 is 2.17 bits per heavy atom. The van der Waals surface area contributed by atoms with Crippen molar-refractivity contribution in [1.82, 2.24) is 0 Å². The lowest BCUT2D eigenvalue weighted by molar-refractivity contribution is 0.604. The summed E-state index contributed by atoms with van der Waals surface area (Å²) in [7, 11) is 5.10. The monoisotopic (exact) mass is 178 g/mol. The van der Waals surface area contributed by atoms with Gasteiger partial charge in [0.1, 0.15) is 5.75 Å². The van der Waals surface area contributed by atoms with Crippen LogP contribution >= 0.6 is 12.6 Å². The molecule has 3 heteroatoms. The van der Waals surface area contributed by atoms with Gasteiger partial charge >= 0.3 is 8.05 Å². The van der Waals surface area contributed by atoms with E-state index in [0.29, 0.717) is 5.25 Å². The van der Waals surface area contributed by atoms with Crippen molar-refractivity contribution in [3.63, 3.8) is 0 Å². The average Bonchev–Trinajstić information content (AvgIpc) is 2.04. The zero-order valence-electron chi connectivity index (χ0n) is 7.03. The zero-order valence-corrected chi connectivity index (χ0v) is 7.92. The van der Waals surface area contributed by atoms with Gasteiger partial charge < -0.3 is 4.65 Å². The molecule has 62 valence electrons. The van der Waals surface area contributed by atoms with Gasteiger partial charge in [-0.2, -0.15) is 12.6 Å². The number of rotatable bonds is 3. The Hall–Kier alpha value is -0.565. The van der Waals surface area contributed by atoms with Gasteiger partial charge in [-0.25, -0.2) is 0 Å². The summed E-state index contributed by atoms with van der Waals surface area (Å²) < 4.78 is 4.71. The van der Waals surface area contributed by atoms with Crippen LogP contribution in [0.15, 0.2) is 24.3 Å². The van der Waals surface area contributed by atoms with Crippen molar-refractivity contribution in [2.24, 2.45) is 0 Å². The van der Waals surface area contributed by atoms with Gasteiger partial charge in [0.15, 0.2) is 0 Å². The van der Waals surface area contributed by atoms with E-state index in [4.69, 9.17) is 12.7 Å². The number of benzene rings is 1. The quantitative estimate of drug-likeness (QED) is 0.550. The van der Waals surface area contributed by atoms with E-state index in [1.54, 1.807) is 0 Å². The Bertz CT molecular complexity index is 250. The van der Waals surface area contributed by atoms with Crippen molar-refractivity contribution in [3.05, 3.63) is 29.8 Å². The van der Waals surface area contributed by atoms with Crippen LogP contribution in [-0.4, -0.2) is 13.3 Å². The summed E-state index contributed by atoms with van der Waals surface area (Å²) in [6.45, 7) is 2.04. The number of thiol groups is 1. The molecule has 0 amide bonds. The first-order valence-electron chi connectivity index (χ1n) is 3.86. The second kappa shape index (κ2) is 4.46. The molecule has 0 aliphatic heterocycles. The third-order valence-corrected chi connectivity index (χ3v) is 1.80. The predicted octanol–water partition coefficient (Wildman–Crippen LogP) is 2.01.